The Balaban J connectivity index is 1.67. The minimum atomic E-state index is -4.23. The van der Waals surface area contributed by atoms with Crippen molar-refractivity contribution in [2.75, 3.05) is 23.3 Å². The van der Waals surface area contributed by atoms with Crippen molar-refractivity contribution in [1.82, 2.24) is 9.97 Å². The van der Waals surface area contributed by atoms with Gasteiger partial charge < -0.3 is 15.0 Å². The smallest absolute Gasteiger partial charge is 0.268 e. The molecule has 0 radical (unpaired) electrons. The summed E-state index contributed by atoms with van der Waals surface area (Å²) in [6.45, 7) is 2.95. The van der Waals surface area contributed by atoms with Crippen LogP contribution in [0.4, 0.5) is 11.4 Å². The van der Waals surface area contributed by atoms with E-state index in [0.29, 0.717) is 33.4 Å². The first-order valence-electron chi connectivity index (χ1n) is 11.5. The molecule has 2 N–H and O–H groups in total. The number of rotatable bonds is 8. The molecule has 1 aromatic heterocycles. The van der Waals surface area contributed by atoms with E-state index in [1.54, 1.807) is 62.4 Å². The lowest BCUT2D eigenvalue weighted by molar-refractivity contribution is -0.114. The van der Waals surface area contributed by atoms with Crippen LogP contribution in [-0.2, 0) is 14.8 Å². The largest absolute Gasteiger partial charge is 0.495 e. The molecule has 4 aromatic rings. The van der Waals surface area contributed by atoms with Gasteiger partial charge in [-0.15, -0.1) is 0 Å². The molecule has 9 nitrogen and oxygen atoms in total. The van der Waals surface area contributed by atoms with Gasteiger partial charge in [-0.1, -0.05) is 29.8 Å². The molecule has 0 aliphatic rings. The number of carbonyl (C=O) groups is 1. The maximum atomic E-state index is 13.8. The average Bonchev–Trinajstić information content (AvgIpc) is 2.87. The number of aromatic nitrogens is 2. The van der Waals surface area contributed by atoms with E-state index in [1.807, 2.05) is 0 Å². The third-order valence-electron chi connectivity index (χ3n) is 5.58. The van der Waals surface area contributed by atoms with Crippen molar-refractivity contribution in [2.45, 2.75) is 18.7 Å². The summed E-state index contributed by atoms with van der Waals surface area (Å²) in [4.78, 5) is 32.0. The molecule has 1 heterocycles. The van der Waals surface area contributed by atoms with E-state index in [2.05, 4.69) is 15.3 Å². The minimum absolute atomic E-state index is 0.0702. The number of carbonyl (C=O) groups excluding carboxylic acids is 1. The second-order valence-corrected chi connectivity index (χ2v) is 10.8. The molecule has 0 bridgehead atoms. The van der Waals surface area contributed by atoms with Gasteiger partial charge in [0.05, 0.1) is 12.8 Å². The van der Waals surface area contributed by atoms with Crippen LogP contribution in [0.3, 0.4) is 0 Å². The zero-order chi connectivity index (χ0) is 27.4. The maximum absolute atomic E-state index is 13.8. The number of anilines is 2. The number of nitrogens with one attached hydrogen (secondary N) is 2. The van der Waals surface area contributed by atoms with E-state index in [9.17, 15) is 18.0 Å². The van der Waals surface area contributed by atoms with Gasteiger partial charge in [-0.3, -0.25) is 13.9 Å². The van der Waals surface area contributed by atoms with Crippen molar-refractivity contribution in [3.05, 3.63) is 99.4 Å². The van der Waals surface area contributed by atoms with Crippen LogP contribution in [0.1, 0.15) is 11.3 Å². The van der Waals surface area contributed by atoms with Gasteiger partial charge in [0.1, 0.15) is 23.0 Å². The number of ether oxygens (including phenoxy) is 1. The molecular weight excluding hydrogens is 528 g/mol. The Labute approximate surface area is 225 Å². The fourth-order valence-corrected chi connectivity index (χ4v) is 5.61. The first kappa shape index (κ1) is 26.9. The van der Waals surface area contributed by atoms with Gasteiger partial charge >= 0.3 is 0 Å². The highest BCUT2D eigenvalue weighted by molar-refractivity contribution is 7.93. The molecule has 0 fully saturated rings. The number of hydrogen-bond donors (Lipinski definition) is 2. The maximum Gasteiger partial charge on any atom is 0.268 e. The van der Waals surface area contributed by atoms with Gasteiger partial charge in [0.15, 0.2) is 0 Å². The Morgan fingerprint density at radius 1 is 1.05 bits per heavy atom. The van der Waals surface area contributed by atoms with Crippen LogP contribution in [0.15, 0.2) is 82.5 Å². The summed E-state index contributed by atoms with van der Waals surface area (Å²) in [6, 6.07) is 19.0. The summed E-state index contributed by atoms with van der Waals surface area (Å²) in [5.74, 6) is -0.0803. The van der Waals surface area contributed by atoms with Gasteiger partial charge in [-0.25, -0.2) is 13.4 Å². The first-order chi connectivity index (χ1) is 18.1. The van der Waals surface area contributed by atoms with Gasteiger partial charge in [0.2, 0.25) is 5.91 Å². The third kappa shape index (κ3) is 6.04. The number of methoxy groups -OCH3 is 1. The quantitative estimate of drug-likeness (QED) is 0.331. The molecule has 0 saturated heterocycles. The predicted octanol–water partition coefficient (Wildman–Crippen LogP) is 4.55. The Bertz CT molecular complexity index is 1650. The standard InChI is InChI=1S/C27H25ClN4O5S/c1-17-7-12-23(37-3)24(13-17)38(35,36)32(22-10-8-20(28)9-11-22)16-26(34)30-21-6-4-5-19(15-21)27-29-18(2)14-25(33)31-27/h4-15H,16H2,1-3H3,(H,30,34)(H,29,31,33). The van der Waals surface area contributed by atoms with Gasteiger partial charge in [0.25, 0.3) is 15.6 Å². The summed E-state index contributed by atoms with van der Waals surface area (Å²) in [7, 11) is -2.84. The molecule has 1 amide bonds. The monoisotopic (exact) mass is 552 g/mol. The van der Waals surface area contributed by atoms with E-state index >= 15 is 0 Å². The molecular formula is C27H25ClN4O5S. The molecule has 0 atom stereocenters. The van der Waals surface area contributed by atoms with E-state index in [4.69, 9.17) is 16.3 Å². The van der Waals surface area contributed by atoms with E-state index < -0.39 is 22.5 Å². The molecule has 0 spiro atoms. The SMILES string of the molecule is COc1ccc(C)cc1S(=O)(=O)N(CC(=O)Nc1cccc(-c2nc(C)cc(=O)[nH]2)c1)c1ccc(Cl)cc1. The number of sulfonamides is 1. The molecule has 0 unspecified atom stereocenters. The fourth-order valence-electron chi connectivity index (χ4n) is 3.82. The lowest BCUT2D eigenvalue weighted by Gasteiger charge is -2.25. The second-order valence-electron chi connectivity index (χ2n) is 8.51. The zero-order valence-electron chi connectivity index (χ0n) is 20.9. The number of benzene rings is 3. The van der Waals surface area contributed by atoms with Crippen LogP contribution >= 0.6 is 11.6 Å². The van der Waals surface area contributed by atoms with Crippen molar-refractivity contribution < 1.29 is 17.9 Å². The number of aryl methyl sites for hydroxylation is 2. The zero-order valence-corrected chi connectivity index (χ0v) is 22.4. The fraction of sp³-hybridized carbons (Fsp3) is 0.148. The van der Waals surface area contributed by atoms with Gasteiger partial charge in [-0.05, 0) is 67.9 Å². The van der Waals surface area contributed by atoms with Crippen molar-refractivity contribution in [2.24, 2.45) is 0 Å². The van der Waals surface area contributed by atoms with Crippen molar-refractivity contribution in [3.63, 3.8) is 0 Å². The van der Waals surface area contributed by atoms with Crippen LogP contribution in [0.5, 0.6) is 5.75 Å². The number of aromatic amines is 1. The number of nitrogens with zero attached hydrogens (tertiary/aromatic N) is 2. The topological polar surface area (TPSA) is 121 Å². The third-order valence-corrected chi connectivity index (χ3v) is 7.63. The number of hydrogen-bond acceptors (Lipinski definition) is 6. The highest BCUT2D eigenvalue weighted by Gasteiger charge is 2.30. The normalized spacial score (nSPS) is 11.2. The lowest BCUT2D eigenvalue weighted by atomic mass is 10.2. The first-order valence-corrected chi connectivity index (χ1v) is 13.3. The van der Waals surface area contributed by atoms with Crippen LogP contribution < -0.4 is 19.9 Å². The molecule has 4 rings (SSSR count). The molecule has 11 heteroatoms. The minimum Gasteiger partial charge on any atom is -0.495 e. The summed E-state index contributed by atoms with van der Waals surface area (Å²) in [5.41, 5.74) is 2.20. The highest BCUT2D eigenvalue weighted by atomic mass is 35.5. The van der Waals surface area contributed by atoms with Crippen LogP contribution in [0.2, 0.25) is 5.02 Å². The summed E-state index contributed by atoms with van der Waals surface area (Å²) < 4.78 is 34.0. The molecule has 0 aliphatic carbocycles. The van der Waals surface area contributed by atoms with E-state index in [-0.39, 0.29) is 21.9 Å². The van der Waals surface area contributed by atoms with Crippen molar-refractivity contribution >= 4 is 38.9 Å². The van der Waals surface area contributed by atoms with Gasteiger partial charge in [-0.2, -0.15) is 0 Å². The molecule has 196 valence electrons. The summed E-state index contributed by atoms with van der Waals surface area (Å²) in [5, 5.41) is 3.15. The predicted molar refractivity (Wildman–Crippen MR) is 147 cm³/mol. The Hall–Kier alpha value is -4.15. The molecule has 38 heavy (non-hydrogen) atoms. The van der Waals surface area contributed by atoms with Crippen LogP contribution in [-0.4, -0.2) is 37.9 Å². The van der Waals surface area contributed by atoms with Crippen LogP contribution in [0.25, 0.3) is 11.4 Å². The van der Waals surface area contributed by atoms with E-state index in [1.165, 1.54) is 31.4 Å². The summed E-state index contributed by atoms with van der Waals surface area (Å²) >= 11 is 6.02. The van der Waals surface area contributed by atoms with E-state index in [0.717, 1.165) is 4.31 Å². The number of amides is 1. The lowest BCUT2D eigenvalue weighted by Crippen LogP contribution is -2.38. The van der Waals surface area contributed by atoms with Crippen LogP contribution in [0, 0.1) is 13.8 Å². The number of halogens is 1. The average molecular weight is 553 g/mol. The summed E-state index contributed by atoms with van der Waals surface area (Å²) in [6.07, 6.45) is 0. The number of H-pyrrole nitrogens is 1. The Morgan fingerprint density at radius 3 is 2.47 bits per heavy atom. The second kappa shape index (κ2) is 11.1. The molecule has 0 saturated carbocycles. The Kier molecular flexibility index (Phi) is 7.84. The van der Waals surface area contributed by atoms with Crippen molar-refractivity contribution in [1.29, 1.82) is 0 Å². The van der Waals surface area contributed by atoms with Crippen molar-refractivity contribution in [3.8, 4) is 17.1 Å². The Morgan fingerprint density at radius 2 is 1.79 bits per heavy atom. The van der Waals surface area contributed by atoms with Gasteiger partial charge in [0, 0.05) is 28.0 Å². The highest BCUT2D eigenvalue weighted by Crippen LogP contribution is 2.31. The molecule has 3 aromatic carbocycles. The molecule has 0 aliphatic heterocycles.